The predicted molar refractivity (Wildman–Crippen MR) is 101 cm³/mol. The Labute approximate surface area is 157 Å². The van der Waals surface area contributed by atoms with Gasteiger partial charge in [0.1, 0.15) is 5.82 Å². The molecule has 0 radical (unpaired) electrons. The summed E-state index contributed by atoms with van der Waals surface area (Å²) in [4.78, 5) is 12.1. The maximum atomic E-state index is 13.7. The number of amides is 1. The summed E-state index contributed by atoms with van der Waals surface area (Å²) in [7, 11) is -3.52. The molecule has 0 bridgehead atoms. The highest BCUT2D eigenvalue weighted by molar-refractivity contribution is 7.88. The monoisotopic (exact) mass is 398 g/mol. The van der Waals surface area contributed by atoms with E-state index in [1.807, 2.05) is 0 Å². The highest BCUT2D eigenvalue weighted by Crippen LogP contribution is 2.20. The third-order valence-corrected chi connectivity index (χ3v) is 5.43. The molecule has 0 heterocycles. The lowest BCUT2D eigenvalue weighted by atomic mass is 10.1. The Balaban J connectivity index is 1.95. The van der Waals surface area contributed by atoms with Crippen LogP contribution in [0.2, 0.25) is 5.02 Å². The fourth-order valence-corrected chi connectivity index (χ4v) is 3.42. The standard InChI is InChI=1S/C18H20ClFN2O3S/c1-26(24,25)22(12-10-14-6-2-4-8-16(14)20)13-11-18(23)21-17-9-5-3-7-15(17)19/h2-9H,10-13H2,1H3,(H,21,23). The van der Waals surface area contributed by atoms with E-state index in [-0.39, 0.29) is 37.7 Å². The molecular weight excluding hydrogens is 379 g/mol. The van der Waals surface area contributed by atoms with Gasteiger partial charge in [-0.05, 0) is 30.2 Å². The van der Waals surface area contributed by atoms with Crippen LogP contribution in [0.5, 0.6) is 0 Å². The molecule has 0 aromatic heterocycles. The second-order valence-corrected chi connectivity index (χ2v) is 8.17. The van der Waals surface area contributed by atoms with Gasteiger partial charge in [0.2, 0.25) is 15.9 Å². The lowest BCUT2D eigenvalue weighted by Crippen LogP contribution is -2.34. The average Bonchev–Trinajstić information content (AvgIpc) is 2.57. The molecule has 0 saturated carbocycles. The minimum absolute atomic E-state index is 0.00354. The number of hydrogen-bond donors (Lipinski definition) is 1. The van der Waals surface area contributed by atoms with E-state index >= 15 is 0 Å². The average molecular weight is 399 g/mol. The summed E-state index contributed by atoms with van der Waals surface area (Å²) >= 11 is 5.98. The Morgan fingerprint density at radius 1 is 1.12 bits per heavy atom. The first-order valence-corrected chi connectivity index (χ1v) is 10.2. The second-order valence-electron chi connectivity index (χ2n) is 5.78. The minimum Gasteiger partial charge on any atom is -0.325 e. The van der Waals surface area contributed by atoms with Gasteiger partial charge in [-0.15, -0.1) is 0 Å². The fourth-order valence-electron chi connectivity index (χ4n) is 2.39. The first-order chi connectivity index (χ1) is 12.3. The van der Waals surface area contributed by atoms with Crippen molar-refractivity contribution in [3.05, 3.63) is 64.9 Å². The molecule has 0 atom stereocenters. The molecule has 0 saturated heterocycles. The summed E-state index contributed by atoms with van der Waals surface area (Å²) in [6, 6.07) is 13.0. The van der Waals surface area contributed by atoms with Gasteiger partial charge in [0.15, 0.2) is 0 Å². The van der Waals surface area contributed by atoms with Crippen LogP contribution in [0.4, 0.5) is 10.1 Å². The highest BCUT2D eigenvalue weighted by atomic mass is 35.5. The number of carbonyl (C=O) groups excluding carboxylic acids is 1. The summed E-state index contributed by atoms with van der Waals surface area (Å²) < 4.78 is 38.7. The van der Waals surface area contributed by atoms with Crippen LogP contribution in [-0.4, -0.2) is 38.0 Å². The molecule has 8 heteroatoms. The normalized spacial score (nSPS) is 11.5. The minimum atomic E-state index is -3.52. The molecule has 5 nitrogen and oxygen atoms in total. The van der Waals surface area contributed by atoms with Crippen LogP contribution in [0.3, 0.4) is 0 Å². The second kappa shape index (κ2) is 9.12. The van der Waals surface area contributed by atoms with Gasteiger partial charge in [-0.25, -0.2) is 17.1 Å². The number of para-hydroxylation sites is 1. The van der Waals surface area contributed by atoms with E-state index in [1.165, 1.54) is 10.4 Å². The van der Waals surface area contributed by atoms with E-state index in [1.54, 1.807) is 42.5 Å². The Morgan fingerprint density at radius 2 is 1.77 bits per heavy atom. The van der Waals surface area contributed by atoms with Gasteiger partial charge < -0.3 is 5.32 Å². The van der Waals surface area contributed by atoms with E-state index in [4.69, 9.17) is 11.6 Å². The van der Waals surface area contributed by atoms with Gasteiger partial charge in [-0.2, -0.15) is 0 Å². The van der Waals surface area contributed by atoms with Crippen molar-refractivity contribution < 1.29 is 17.6 Å². The molecule has 1 N–H and O–H groups in total. The van der Waals surface area contributed by atoms with Gasteiger partial charge in [-0.3, -0.25) is 4.79 Å². The van der Waals surface area contributed by atoms with Gasteiger partial charge in [0, 0.05) is 19.5 Å². The topological polar surface area (TPSA) is 66.5 Å². The Kier molecular flexibility index (Phi) is 7.14. The predicted octanol–water partition coefficient (Wildman–Crippen LogP) is 3.31. The molecular formula is C18H20ClFN2O3S. The van der Waals surface area contributed by atoms with E-state index in [0.29, 0.717) is 16.3 Å². The summed E-state index contributed by atoms with van der Waals surface area (Å²) in [5.41, 5.74) is 0.901. The molecule has 26 heavy (non-hydrogen) atoms. The van der Waals surface area contributed by atoms with E-state index in [0.717, 1.165) is 6.26 Å². The van der Waals surface area contributed by atoms with Gasteiger partial charge in [0.25, 0.3) is 0 Å². The highest BCUT2D eigenvalue weighted by Gasteiger charge is 2.18. The third-order valence-electron chi connectivity index (χ3n) is 3.79. The summed E-state index contributed by atoms with van der Waals surface area (Å²) in [5.74, 6) is -0.727. The molecule has 1 amide bonds. The number of sulfonamides is 1. The number of hydrogen-bond acceptors (Lipinski definition) is 3. The molecule has 0 aliphatic carbocycles. The lowest BCUT2D eigenvalue weighted by molar-refractivity contribution is -0.116. The molecule has 0 aliphatic rings. The number of halogens is 2. The van der Waals surface area contributed by atoms with Gasteiger partial charge in [0.05, 0.1) is 17.0 Å². The molecule has 0 unspecified atom stereocenters. The molecule has 0 fully saturated rings. The summed E-state index contributed by atoms with van der Waals surface area (Å²) in [6.07, 6.45) is 1.27. The molecule has 0 spiro atoms. The first-order valence-electron chi connectivity index (χ1n) is 8.00. The van der Waals surface area contributed by atoms with E-state index < -0.39 is 10.0 Å². The zero-order valence-electron chi connectivity index (χ0n) is 14.3. The van der Waals surface area contributed by atoms with E-state index in [9.17, 15) is 17.6 Å². The van der Waals surface area contributed by atoms with Crippen LogP contribution in [0.25, 0.3) is 0 Å². The first kappa shape index (κ1) is 20.4. The van der Waals surface area contributed by atoms with Crippen LogP contribution >= 0.6 is 11.6 Å². The van der Waals surface area contributed by atoms with Gasteiger partial charge in [-0.1, -0.05) is 41.9 Å². The van der Waals surface area contributed by atoms with Crippen molar-refractivity contribution in [2.24, 2.45) is 0 Å². The van der Waals surface area contributed by atoms with Crippen molar-refractivity contribution in [3.63, 3.8) is 0 Å². The van der Waals surface area contributed by atoms with Crippen molar-refractivity contribution in [1.29, 1.82) is 0 Å². The molecule has 2 aromatic rings. The number of nitrogens with one attached hydrogen (secondary N) is 1. The van der Waals surface area contributed by atoms with Crippen LogP contribution < -0.4 is 5.32 Å². The van der Waals surface area contributed by atoms with Crippen molar-refractivity contribution in [2.45, 2.75) is 12.8 Å². The molecule has 0 aliphatic heterocycles. The fraction of sp³-hybridized carbons (Fsp3) is 0.278. The van der Waals surface area contributed by atoms with Crippen molar-refractivity contribution in [3.8, 4) is 0 Å². The van der Waals surface area contributed by atoms with E-state index in [2.05, 4.69) is 5.32 Å². The Bertz CT molecular complexity index is 874. The SMILES string of the molecule is CS(=O)(=O)N(CCC(=O)Nc1ccccc1Cl)CCc1ccccc1F. The van der Waals surface area contributed by atoms with Crippen molar-refractivity contribution in [1.82, 2.24) is 4.31 Å². The zero-order chi connectivity index (χ0) is 19.2. The third kappa shape index (κ3) is 6.09. The van der Waals surface area contributed by atoms with Crippen molar-refractivity contribution in [2.75, 3.05) is 24.7 Å². The van der Waals surface area contributed by atoms with Crippen LogP contribution in [-0.2, 0) is 21.2 Å². The number of benzene rings is 2. The lowest BCUT2D eigenvalue weighted by Gasteiger charge is -2.20. The Hall–Kier alpha value is -1.96. The number of carbonyl (C=O) groups is 1. The summed E-state index contributed by atoms with van der Waals surface area (Å²) in [5, 5.41) is 3.05. The smallest absolute Gasteiger partial charge is 0.225 e. The number of nitrogens with zero attached hydrogens (tertiary/aromatic N) is 1. The summed E-state index contributed by atoms with van der Waals surface area (Å²) in [6.45, 7) is 0.0999. The van der Waals surface area contributed by atoms with Crippen LogP contribution in [0.15, 0.2) is 48.5 Å². The van der Waals surface area contributed by atoms with Gasteiger partial charge >= 0.3 is 0 Å². The van der Waals surface area contributed by atoms with Crippen molar-refractivity contribution >= 4 is 33.2 Å². The quantitative estimate of drug-likeness (QED) is 0.741. The zero-order valence-corrected chi connectivity index (χ0v) is 15.9. The van der Waals surface area contributed by atoms with Crippen LogP contribution in [0, 0.1) is 5.82 Å². The number of anilines is 1. The maximum absolute atomic E-state index is 13.7. The Morgan fingerprint density at radius 3 is 2.42 bits per heavy atom. The molecule has 2 aromatic carbocycles. The molecule has 2 rings (SSSR count). The number of rotatable bonds is 8. The largest absolute Gasteiger partial charge is 0.325 e. The van der Waals surface area contributed by atoms with Crippen LogP contribution in [0.1, 0.15) is 12.0 Å². The molecule has 140 valence electrons. The maximum Gasteiger partial charge on any atom is 0.225 e.